The molecule has 0 aromatic heterocycles. The summed E-state index contributed by atoms with van der Waals surface area (Å²) in [4.78, 5) is 0. The fourth-order valence-corrected chi connectivity index (χ4v) is 1.99. The Hall–Kier alpha value is -0.240. The summed E-state index contributed by atoms with van der Waals surface area (Å²) in [5.74, 6) is 0.683. The molecule has 0 saturated carbocycles. The van der Waals surface area contributed by atoms with Gasteiger partial charge in [-0.1, -0.05) is 13.8 Å². The van der Waals surface area contributed by atoms with Crippen LogP contribution in [0.3, 0.4) is 0 Å². The van der Waals surface area contributed by atoms with E-state index >= 15 is 0 Å². The average molecular weight is 378 g/mol. The number of nitrogens with one attached hydrogen (secondary N) is 1. The Bertz CT molecular complexity index is 282. The van der Waals surface area contributed by atoms with Crippen LogP contribution in [0.2, 0.25) is 0 Å². The van der Waals surface area contributed by atoms with Crippen LogP contribution in [0.4, 0.5) is 0 Å². The maximum Gasteiger partial charge on any atom is 0.0707 e. The lowest BCUT2D eigenvalue weighted by Gasteiger charge is -2.19. The predicted molar refractivity (Wildman–Crippen MR) is 106 cm³/mol. The molecule has 0 heterocycles. The van der Waals surface area contributed by atoms with Gasteiger partial charge < -0.3 is 29.0 Å². The molecule has 0 atom stereocenters. The van der Waals surface area contributed by atoms with Crippen LogP contribution in [0.5, 0.6) is 0 Å². The van der Waals surface area contributed by atoms with Crippen LogP contribution in [-0.4, -0.2) is 78.2 Å². The van der Waals surface area contributed by atoms with Gasteiger partial charge in [-0.15, -0.1) is 0 Å². The van der Waals surface area contributed by atoms with Crippen LogP contribution in [-0.2, 0) is 23.7 Å². The van der Waals surface area contributed by atoms with Gasteiger partial charge in [0.25, 0.3) is 0 Å². The molecule has 0 rings (SSSR count). The zero-order chi connectivity index (χ0) is 19.5. The van der Waals surface area contributed by atoms with Gasteiger partial charge in [-0.2, -0.15) is 0 Å². The molecule has 0 aliphatic carbocycles. The molecule has 0 aromatic rings. The summed E-state index contributed by atoms with van der Waals surface area (Å²) in [6.07, 6.45) is 2.02. The molecule has 158 valence electrons. The number of ether oxygens (including phenoxy) is 5. The molecule has 26 heavy (non-hydrogen) atoms. The maximum atomic E-state index is 5.57. The third-order valence-electron chi connectivity index (χ3n) is 3.31. The van der Waals surface area contributed by atoms with E-state index in [1.165, 1.54) is 0 Å². The summed E-state index contributed by atoms with van der Waals surface area (Å²) in [5, 5.41) is 3.35. The molecule has 0 saturated heterocycles. The van der Waals surface area contributed by atoms with Gasteiger partial charge in [-0.25, -0.2) is 0 Å². The molecule has 0 unspecified atom stereocenters. The third kappa shape index (κ3) is 23.8. The van der Waals surface area contributed by atoms with Gasteiger partial charge in [0.1, 0.15) is 0 Å². The molecular weight excluding hydrogens is 334 g/mol. The molecule has 0 spiro atoms. The minimum absolute atomic E-state index is 0.0985. The molecule has 0 aliphatic rings. The quantitative estimate of drug-likeness (QED) is 0.349. The van der Waals surface area contributed by atoms with Crippen LogP contribution in [0, 0.1) is 5.92 Å². The number of unbranched alkanes of at least 4 members (excludes halogenated alkanes) is 1. The molecule has 6 heteroatoms. The number of hydrogen-bond acceptors (Lipinski definition) is 6. The van der Waals surface area contributed by atoms with Gasteiger partial charge in [-0.05, 0) is 46.1 Å². The summed E-state index contributed by atoms with van der Waals surface area (Å²) in [6, 6.07) is 0. The summed E-state index contributed by atoms with van der Waals surface area (Å²) in [5.41, 5.74) is -0.0985. The minimum Gasteiger partial charge on any atom is -0.379 e. The van der Waals surface area contributed by atoms with Gasteiger partial charge >= 0.3 is 0 Å². The van der Waals surface area contributed by atoms with E-state index in [0.29, 0.717) is 45.6 Å². The lowest BCUT2D eigenvalue weighted by molar-refractivity contribution is -0.0427. The lowest BCUT2D eigenvalue weighted by Crippen LogP contribution is -2.24. The van der Waals surface area contributed by atoms with Crippen molar-refractivity contribution in [3.8, 4) is 0 Å². The largest absolute Gasteiger partial charge is 0.379 e. The van der Waals surface area contributed by atoms with E-state index in [-0.39, 0.29) is 5.60 Å². The van der Waals surface area contributed by atoms with E-state index in [2.05, 4.69) is 19.2 Å². The summed E-state index contributed by atoms with van der Waals surface area (Å²) in [6.45, 7) is 18.5. The van der Waals surface area contributed by atoms with Crippen molar-refractivity contribution >= 4 is 0 Å². The molecule has 0 aliphatic heterocycles. The Labute approximate surface area is 161 Å². The maximum absolute atomic E-state index is 5.57. The van der Waals surface area contributed by atoms with Gasteiger partial charge in [0.05, 0.1) is 51.8 Å². The molecule has 0 bridgehead atoms. The first kappa shape index (κ1) is 25.8. The monoisotopic (exact) mass is 377 g/mol. The van der Waals surface area contributed by atoms with Crippen molar-refractivity contribution in [2.24, 2.45) is 5.92 Å². The predicted octanol–water partition coefficient (Wildman–Crippen LogP) is 2.89. The first-order valence-corrected chi connectivity index (χ1v) is 10.1. The first-order chi connectivity index (χ1) is 12.4. The van der Waals surface area contributed by atoms with Crippen molar-refractivity contribution in [1.82, 2.24) is 5.32 Å². The van der Waals surface area contributed by atoms with Gasteiger partial charge in [0.15, 0.2) is 0 Å². The van der Waals surface area contributed by atoms with Crippen molar-refractivity contribution in [3.05, 3.63) is 0 Å². The van der Waals surface area contributed by atoms with Crippen molar-refractivity contribution in [2.45, 2.75) is 53.1 Å². The van der Waals surface area contributed by atoms with E-state index in [9.17, 15) is 0 Å². The molecule has 0 amide bonds. The fourth-order valence-electron chi connectivity index (χ4n) is 1.99. The zero-order valence-electron chi connectivity index (χ0n) is 17.8. The SMILES string of the molecule is CC(C)CNCCOCCOCCCCOCCOCCOC(C)(C)C. The van der Waals surface area contributed by atoms with E-state index in [1.807, 2.05) is 20.8 Å². The topological polar surface area (TPSA) is 58.2 Å². The van der Waals surface area contributed by atoms with Crippen LogP contribution in [0.25, 0.3) is 0 Å². The van der Waals surface area contributed by atoms with E-state index in [4.69, 9.17) is 23.7 Å². The Kier molecular flexibility index (Phi) is 18.0. The number of hydrogen-bond donors (Lipinski definition) is 1. The highest BCUT2D eigenvalue weighted by Crippen LogP contribution is 2.05. The third-order valence-corrected chi connectivity index (χ3v) is 3.31. The van der Waals surface area contributed by atoms with Crippen molar-refractivity contribution in [2.75, 3.05) is 72.6 Å². The summed E-state index contributed by atoms with van der Waals surface area (Å²) < 4.78 is 27.6. The molecule has 6 nitrogen and oxygen atoms in total. The highest BCUT2D eigenvalue weighted by atomic mass is 16.5. The molecular formula is C20H43NO5. The molecule has 0 aromatic carbocycles. The van der Waals surface area contributed by atoms with Crippen LogP contribution in [0.15, 0.2) is 0 Å². The smallest absolute Gasteiger partial charge is 0.0707 e. The molecule has 0 radical (unpaired) electrons. The van der Waals surface area contributed by atoms with E-state index < -0.39 is 0 Å². The second-order valence-corrected chi connectivity index (χ2v) is 7.72. The van der Waals surface area contributed by atoms with Crippen molar-refractivity contribution < 1.29 is 23.7 Å². The van der Waals surface area contributed by atoms with E-state index in [0.717, 1.165) is 45.8 Å². The lowest BCUT2D eigenvalue weighted by atomic mass is 10.2. The van der Waals surface area contributed by atoms with Crippen LogP contribution in [0.1, 0.15) is 47.5 Å². The Balaban J connectivity index is 3.03. The molecule has 1 N–H and O–H groups in total. The fraction of sp³-hybridized carbons (Fsp3) is 1.00. The second-order valence-electron chi connectivity index (χ2n) is 7.72. The van der Waals surface area contributed by atoms with Gasteiger partial charge in [0, 0.05) is 19.8 Å². The Morgan fingerprint density at radius 2 is 1.12 bits per heavy atom. The van der Waals surface area contributed by atoms with Crippen molar-refractivity contribution in [3.63, 3.8) is 0 Å². The Morgan fingerprint density at radius 1 is 0.654 bits per heavy atom. The second kappa shape index (κ2) is 18.1. The minimum atomic E-state index is -0.0985. The van der Waals surface area contributed by atoms with Gasteiger partial charge in [-0.3, -0.25) is 0 Å². The Morgan fingerprint density at radius 3 is 1.62 bits per heavy atom. The summed E-state index contributed by atoms with van der Waals surface area (Å²) >= 11 is 0. The van der Waals surface area contributed by atoms with Gasteiger partial charge in [0.2, 0.25) is 0 Å². The highest BCUT2D eigenvalue weighted by molar-refractivity contribution is 4.57. The number of rotatable bonds is 19. The normalized spacial score (nSPS) is 12.2. The van der Waals surface area contributed by atoms with Crippen molar-refractivity contribution in [1.29, 1.82) is 0 Å². The highest BCUT2D eigenvalue weighted by Gasteiger charge is 2.08. The van der Waals surface area contributed by atoms with Crippen LogP contribution < -0.4 is 5.32 Å². The van der Waals surface area contributed by atoms with Crippen LogP contribution >= 0.6 is 0 Å². The molecule has 0 fully saturated rings. The average Bonchev–Trinajstić information content (AvgIpc) is 2.55. The standard InChI is InChI=1S/C20H43NO5/c1-19(2)18-21-8-11-24-14-12-22-9-6-7-10-23-13-15-25-16-17-26-20(3,4)5/h19,21H,6-18H2,1-5H3. The van der Waals surface area contributed by atoms with E-state index in [1.54, 1.807) is 0 Å². The zero-order valence-corrected chi connectivity index (χ0v) is 17.8. The summed E-state index contributed by atoms with van der Waals surface area (Å²) in [7, 11) is 0. The first-order valence-electron chi connectivity index (χ1n) is 10.1.